The highest BCUT2D eigenvalue weighted by atomic mass is 16.2. The number of nitrogens with zero attached hydrogens (tertiary/aromatic N) is 3. The molecule has 0 saturated carbocycles. The number of imidazole rings is 1. The third kappa shape index (κ3) is 3.22. The predicted octanol–water partition coefficient (Wildman–Crippen LogP) is 2.92. The van der Waals surface area contributed by atoms with Gasteiger partial charge in [0.1, 0.15) is 0 Å². The van der Waals surface area contributed by atoms with Crippen molar-refractivity contribution < 1.29 is 4.79 Å². The van der Waals surface area contributed by atoms with Crippen molar-refractivity contribution in [1.82, 2.24) is 24.6 Å². The molecular weight excluding hydrogens is 378 g/mol. The maximum absolute atomic E-state index is 12.9. The molecule has 1 aliphatic carbocycles. The number of H-pyrrole nitrogens is 1. The molecule has 0 fully saturated rings. The van der Waals surface area contributed by atoms with Crippen LogP contribution in [0.15, 0.2) is 59.5 Å². The minimum absolute atomic E-state index is 0.0590. The lowest BCUT2D eigenvalue weighted by Crippen LogP contribution is -2.31. The number of fused-ring (bicyclic) bond motifs is 2. The molecule has 0 aliphatic heterocycles. The van der Waals surface area contributed by atoms with Gasteiger partial charge in [-0.25, -0.2) is 4.79 Å². The highest BCUT2D eigenvalue weighted by Gasteiger charge is 2.26. The van der Waals surface area contributed by atoms with Crippen LogP contribution in [0, 0.1) is 0 Å². The van der Waals surface area contributed by atoms with Crippen molar-refractivity contribution in [2.24, 2.45) is 7.05 Å². The Kier molecular flexibility index (Phi) is 4.50. The highest BCUT2D eigenvalue weighted by molar-refractivity contribution is 5.97. The van der Waals surface area contributed by atoms with Gasteiger partial charge in [-0.2, -0.15) is 5.10 Å². The normalized spacial score (nSPS) is 15.8. The van der Waals surface area contributed by atoms with Crippen molar-refractivity contribution in [2.75, 3.05) is 0 Å². The van der Waals surface area contributed by atoms with Crippen LogP contribution in [0.25, 0.3) is 11.0 Å². The zero-order valence-corrected chi connectivity index (χ0v) is 16.8. The van der Waals surface area contributed by atoms with Crippen LogP contribution in [0.3, 0.4) is 0 Å². The second-order valence-corrected chi connectivity index (χ2v) is 7.83. The molecule has 7 heteroatoms. The number of aromatic amines is 1. The van der Waals surface area contributed by atoms with E-state index < -0.39 is 0 Å². The summed E-state index contributed by atoms with van der Waals surface area (Å²) >= 11 is 0. The summed E-state index contributed by atoms with van der Waals surface area (Å²) in [6, 6.07) is 15.5. The summed E-state index contributed by atoms with van der Waals surface area (Å²) in [6.45, 7) is 0.731. The average molecular weight is 401 g/mol. The van der Waals surface area contributed by atoms with E-state index in [2.05, 4.69) is 27.5 Å². The standard InChI is InChI=1S/C23H23N5O2/c1-27-21-11-10-16(12-19(21)26-23(27)30)22(29)25-18-8-5-9-20-17(18)13-24-28(20)14-15-6-3-2-4-7-15/h2-4,6-7,10-13,18H,5,8-9,14H2,1H3,(H,25,29)(H,26,30). The van der Waals surface area contributed by atoms with Crippen molar-refractivity contribution in [3.05, 3.63) is 87.6 Å². The van der Waals surface area contributed by atoms with E-state index in [4.69, 9.17) is 0 Å². The number of amides is 1. The molecule has 2 N–H and O–H groups in total. The molecule has 2 heterocycles. The molecule has 1 amide bonds. The number of carbonyl (C=O) groups excluding carboxylic acids is 1. The molecule has 2 aromatic carbocycles. The number of hydrogen-bond acceptors (Lipinski definition) is 3. The largest absolute Gasteiger partial charge is 0.345 e. The van der Waals surface area contributed by atoms with Crippen molar-refractivity contribution in [3.8, 4) is 0 Å². The first-order valence-corrected chi connectivity index (χ1v) is 10.2. The van der Waals surface area contributed by atoms with Crippen molar-refractivity contribution in [1.29, 1.82) is 0 Å². The number of carbonyl (C=O) groups is 1. The minimum Gasteiger partial charge on any atom is -0.345 e. The zero-order valence-electron chi connectivity index (χ0n) is 16.8. The molecule has 30 heavy (non-hydrogen) atoms. The Morgan fingerprint density at radius 3 is 2.90 bits per heavy atom. The lowest BCUT2D eigenvalue weighted by atomic mass is 9.92. The van der Waals surface area contributed by atoms with E-state index in [0.29, 0.717) is 11.1 Å². The number of rotatable bonds is 4. The topological polar surface area (TPSA) is 84.7 Å². The molecule has 0 bridgehead atoms. The summed E-state index contributed by atoms with van der Waals surface area (Å²) in [7, 11) is 1.71. The minimum atomic E-state index is -0.190. The summed E-state index contributed by atoms with van der Waals surface area (Å²) in [5, 5.41) is 7.76. The van der Waals surface area contributed by atoms with Gasteiger partial charge in [0.25, 0.3) is 5.91 Å². The maximum atomic E-state index is 12.9. The van der Waals surface area contributed by atoms with Crippen molar-refractivity contribution in [3.63, 3.8) is 0 Å². The second-order valence-electron chi connectivity index (χ2n) is 7.83. The van der Waals surface area contributed by atoms with Gasteiger partial charge >= 0.3 is 5.69 Å². The fourth-order valence-corrected chi connectivity index (χ4v) is 4.28. The van der Waals surface area contributed by atoms with Gasteiger partial charge in [-0.05, 0) is 43.0 Å². The molecule has 1 aliphatic rings. The van der Waals surface area contributed by atoms with Crippen LogP contribution in [0.5, 0.6) is 0 Å². The molecule has 152 valence electrons. The molecule has 7 nitrogen and oxygen atoms in total. The van der Waals surface area contributed by atoms with E-state index in [0.717, 1.165) is 36.9 Å². The lowest BCUT2D eigenvalue weighted by Gasteiger charge is -2.24. The Labute approximate surface area is 173 Å². The molecular formula is C23H23N5O2. The van der Waals surface area contributed by atoms with Crippen LogP contribution in [0.1, 0.15) is 46.1 Å². The molecule has 4 aromatic rings. The number of nitrogens with one attached hydrogen (secondary N) is 2. The number of aryl methyl sites for hydroxylation is 1. The zero-order chi connectivity index (χ0) is 20.7. The Balaban J connectivity index is 1.38. The molecule has 2 aromatic heterocycles. The van der Waals surface area contributed by atoms with Gasteiger partial charge in [0, 0.05) is 23.9 Å². The summed E-state index contributed by atoms with van der Waals surface area (Å²) in [5.74, 6) is -0.143. The van der Waals surface area contributed by atoms with Crippen LogP contribution in [0.2, 0.25) is 0 Å². The van der Waals surface area contributed by atoms with Gasteiger partial charge in [-0.1, -0.05) is 30.3 Å². The third-order valence-electron chi connectivity index (χ3n) is 5.91. The first kappa shape index (κ1) is 18.4. The molecule has 5 rings (SSSR count). The molecule has 1 unspecified atom stereocenters. The van der Waals surface area contributed by atoms with Gasteiger partial charge in [-0.3, -0.25) is 14.0 Å². The van der Waals surface area contributed by atoms with Crippen molar-refractivity contribution >= 4 is 16.9 Å². The van der Waals surface area contributed by atoms with E-state index >= 15 is 0 Å². The lowest BCUT2D eigenvalue weighted by molar-refractivity contribution is 0.0932. The number of hydrogen-bond donors (Lipinski definition) is 2. The first-order valence-electron chi connectivity index (χ1n) is 10.2. The van der Waals surface area contributed by atoms with Crippen LogP contribution < -0.4 is 11.0 Å². The number of benzene rings is 2. The molecule has 0 spiro atoms. The number of aromatic nitrogens is 4. The van der Waals surface area contributed by atoms with Gasteiger partial charge in [-0.15, -0.1) is 0 Å². The highest BCUT2D eigenvalue weighted by Crippen LogP contribution is 2.30. The summed E-state index contributed by atoms with van der Waals surface area (Å²) in [4.78, 5) is 27.5. The van der Waals surface area contributed by atoms with Crippen LogP contribution in [0.4, 0.5) is 0 Å². The fraction of sp³-hybridized carbons (Fsp3) is 0.261. The fourth-order valence-electron chi connectivity index (χ4n) is 4.28. The molecule has 0 saturated heterocycles. The Bertz CT molecular complexity index is 1280. The SMILES string of the molecule is Cn1c(=O)[nH]c2cc(C(=O)NC3CCCc4c3cnn4Cc3ccccc3)ccc21. The van der Waals surface area contributed by atoms with E-state index in [1.807, 2.05) is 29.1 Å². The molecule has 0 radical (unpaired) electrons. The summed E-state index contributed by atoms with van der Waals surface area (Å²) < 4.78 is 3.58. The van der Waals surface area contributed by atoms with Gasteiger partial charge in [0.15, 0.2) is 0 Å². The molecule has 1 atom stereocenters. The van der Waals surface area contributed by atoms with Crippen molar-refractivity contribution in [2.45, 2.75) is 31.8 Å². The van der Waals surface area contributed by atoms with E-state index in [1.54, 1.807) is 25.2 Å². The van der Waals surface area contributed by atoms with Gasteiger partial charge in [0.2, 0.25) is 0 Å². The van der Waals surface area contributed by atoms with Gasteiger partial charge in [0.05, 0.1) is 29.8 Å². The van der Waals surface area contributed by atoms with E-state index in [1.165, 1.54) is 15.8 Å². The summed E-state index contributed by atoms with van der Waals surface area (Å²) in [6.07, 6.45) is 4.75. The van der Waals surface area contributed by atoms with Gasteiger partial charge < -0.3 is 10.3 Å². The monoisotopic (exact) mass is 401 g/mol. The second kappa shape index (κ2) is 7.33. The maximum Gasteiger partial charge on any atom is 0.326 e. The Hall–Kier alpha value is -3.61. The Morgan fingerprint density at radius 1 is 1.23 bits per heavy atom. The predicted molar refractivity (Wildman–Crippen MR) is 114 cm³/mol. The van der Waals surface area contributed by atoms with Crippen LogP contribution >= 0.6 is 0 Å². The van der Waals surface area contributed by atoms with E-state index in [9.17, 15) is 9.59 Å². The average Bonchev–Trinajstić information content (AvgIpc) is 3.30. The third-order valence-corrected chi connectivity index (χ3v) is 5.91. The summed E-state index contributed by atoms with van der Waals surface area (Å²) in [5.41, 5.74) is 5.28. The van der Waals surface area contributed by atoms with Crippen LogP contribution in [-0.4, -0.2) is 25.2 Å². The smallest absolute Gasteiger partial charge is 0.326 e. The van der Waals surface area contributed by atoms with Crippen LogP contribution in [-0.2, 0) is 20.0 Å². The first-order chi connectivity index (χ1) is 14.6. The van der Waals surface area contributed by atoms with E-state index in [-0.39, 0.29) is 17.6 Å². The Morgan fingerprint density at radius 2 is 2.07 bits per heavy atom. The quantitative estimate of drug-likeness (QED) is 0.551.